The van der Waals surface area contributed by atoms with E-state index in [4.69, 9.17) is 5.26 Å². The molecule has 1 aliphatic rings. The number of nitriles is 1. The number of nitrogens with one attached hydrogen (secondary N) is 1. The minimum absolute atomic E-state index is 0.183. The summed E-state index contributed by atoms with van der Waals surface area (Å²) in [6.07, 6.45) is 1.07. The monoisotopic (exact) mass is 405 g/mol. The van der Waals surface area contributed by atoms with Crippen molar-refractivity contribution in [3.63, 3.8) is 0 Å². The highest BCUT2D eigenvalue weighted by atomic mass is 32.2. The van der Waals surface area contributed by atoms with Crippen LogP contribution >= 0.6 is 0 Å². The Morgan fingerprint density at radius 1 is 1.03 bits per heavy atom. The highest BCUT2D eigenvalue weighted by Crippen LogP contribution is 2.29. The van der Waals surface area contributed by atoms with Gasteiger partial charge in [-0.3, -0.25) is 4.79 Å². The Labute approximate surface area is 169 Å². The number of benzene rings is 3. The molecule has 0 spiro atoms. The first kappa shape index (κ1) is 19.1. The summed E-state index contributed by atoms with van der Waals surface area (Å²) < 4.78 is 27.8. The quantitative estimate of drug-likeness (QED) is 0.719. The largest absolute Gasteiger partial charge is 0.325 e. The van der Waals surface area contributed by atoms with Gasteiger partial charge in [0.05, 0.1) is 16.5 Å². The minimum Gasteiger partial charge on any atom is -0.325 e. The average Bonchev–Trinajstić information content (AvgIpc) is 3.24. The number of rotatable bonds is 4. The first-order valence-corrected chi connectivity index (χ1v) is 10.7. The Hall–Kier alpha value is -3.21. The van der Waals surface area contributed by atoms with Crippen LogP contribution < -0.4 is 5.32 Å². The van der Waals surface area contributed by atoms with E-state index in [9.17, 15) is 13.2 Å². The fourth-order valence-corrected chi connectivity index (χ4v) is 5.34. The molecule has 146 valence electrons. The third-order valence-electron chi connectivity index (χ3n) is 5.09. The number of anilines is 1. The zero-order chi connectivity index (χ0) is 20.4. The molecule has 1 heterocycles. The maximum atomic E-state index is 13.2. The standard InChI is InChI=1S/C22H19N3O3S/c23-15-16-5-3-8-19(13-16)24-22(26)21-9-4-12-25(21)29(27,28)20-11-10-17-6-1-2-7-18(17)14-20/h1-3,5-8,10-11,13-14,21H,4,9,12H2,(H,24,26)/t21-/m1/s1. The molecular formula is C22H19N3O3S. The lowest BCUT2D eigenvalue weighted by molar-refractivity contribution is -0.119. The fraction of sp³-hybridized carbons (Fsp3) is 0.182. The molecule has 0 aliphatic carbocycles. The van der Waals surface area contributed by atoms with Crippen molar-refractivity contribution in [3.8, 4) is 6.07 Å². The van der Waals surface area contributed by atoms with E-state index in [1.165, 1.54) is 4.31 Å². The number of carbonyl (C=O) groups excluding carboxylic acids is 1. The molecule has 0 unspecified atom stereocenters. The lowest BCUT2D eigenvalue weighted by Crippen LogP contribution is -2.43. The summed E-state index contributed by atoms with van der Waals surface area (Å²) >= 11 is 0. The van der Waals surface area contributed by atoms with Gasteiger partial charge < -0.3 is 5.32 Å². The van der Waals surface area contributed by atoms with Crippen molar-refractivity contribution in [2.75, 3.05) is 11.9 Å². The van der Waals surface area contributed by atoms with Crippen molar-refractivity contribution < 1.29 is 13.2 Å². The van der Waals surface area contributed by atoms with Crippen molar-refractivity contribution in [1.82, 2.24) is 4.31 Å². The molecule has 0 saturated carbocycles. The third kappa shape index (κ3) is 3.73. The summed E-state index contributed by atoms with van der Waals surface area (Å²) in [5, 5.41) is 13.5. The van der Waals surface area contributed by atoms with Gasteiger partial charge in [-0.1, -0.05) is 36.4 Å². The Bertz CT molecular complexity index is 1230. The second-order valence-corrected chi connectivity index (χ2v) is 8.86. The lowest BCUT2D eigenvalue weighted by atomic mass is 10.1. The van der Waals surface area contributed by atoms with Gasteiger partial charge >= 0.3 is 0 Å². The van der Waals surface area contributed by atoms with Crippen molar-refractivity contribution in [3.05, 3.63) is 72.3 Å². The van der Waals surface area contributed by atoms with E-state index in [0.29, 0.717) is 30.6 Å². The Kier molecular flexibility index (Phi) is 5.05. The number of carbonyl (C=O) groups is 1. The zero-order valence-corrected chi connectivity index (χ0v) is 16.4. The predicted octanol–water partition coefficient (Wildman–Crippen LogP) is 3.50. The molecule has 1 amide bonds. The fourth-order valence-electron chi connectivity index (χ4n) is 3.65. The maximum Gasteiger partial charge on any atom is 0.243 e. The first-order valence-electron chi connectivity index (χ1n) is 9.31. The molecule has 1 aliphatic heterocycles. The van der Waals surface area contributed by atoms with Crippen LogP contribution in [0.5, 0.6) is 0 Å². The van der Waals surface area contributed by atoms with Crippen LogP contribution in [0.1, 0.15) is 18.4 Å². The Morgan fingerprint density at radius 3 is 2.62 bits per heavy atom. The molecular weight excluding hydrogens is 386 g/mol. The molecule has 1 N–H and O–H groups in total. The Balaban J connectivity index is 1.60. The van der Waals surface area contributed by atoms with Crippen LogP contribution in [-0.2, 0) is 14.8 Å². The summed E-state index contributed by atoms with van der Waals surface area (Å²) in [5.74, 6) is -0.387. The molecule has 1 atom stereocenters. The number of hydrogen-bond donors (Lipinski definition) is 1. The third-order valence-corrected chi connectivity index (χ3v) is 7.00. The van der Waals surface area contributed by atoms with Gasteiger partial charge in [-0.2, -0.15) is 9.57 Å². The number of fused-ring (bicyclic) bond motifs is 1. The first-order chi connectivity index (χ1) is 14.0. The lowest BCUT2D eigenvalue weighted by Gasteiger charge is -2.23. The van der Waals surface area contributed by atoms with E-state index in [2.05, 4.69) is 5.32 Å². The number of nitrogens with zero attached hydrogens (tertiary/aromatic N) is 2. The smallest absolute Gasteiger partial charge is 0.243 e. The molecule has 0 bridgehead atoms. The van der Waals surface area contributed by atoms with Gasteiger partial charge in [0.15, 0.2) is 0 Å². The second kappa shape index (κ2) is 7.66. The SMILES string of the molecule is N#Cc1cccc(NC(=O)[C@H]2CCCN2S(=O)(=O)c2ccc3ccccc3c2)c1. The van der Waals surface area contributed by atoms with Crippen LogP contribution in [0.2, 0.25) is 0 Å². The topological polar surface area (TPSA) is 90.3 Å². The normalized spacial score (nSPS) is 17.1. The van der Waals surface area contributed by atoms with Crippen LogP contribution in [0, 0.1) is 11.3 Å². The molecule has 1 saturated heterocycles. The summed E-state index contributed by atoms with van der Waals surface area (Å²) in [7, 11) is -3.81. The van der Waals surface area contributed by atoms with Crippen molar-refractivity contribution in [2.24, 2.45) is 0 Å². The molecule has 1 fully saturated rings. The van der Waals surface area contributed by atoms with Crippen LogP contribution in [0.4, 0.5) is 5.69 Å². The van der Waals surface area contributed by atoms with Crippen molar-refractivity contribution in [2.45, 2.75) is 23.8 Å². The number of hydrogen-bond acceptors (Lipinski definition) is 4. The molecule has 7 heteroatoms. The van der Waals surface area contributed by atoms with Gasteiger partial charge in [-0.15, -0.1) is 0 Å². The van der Waals surface area contributed by atoms with Gasteiger partial charge in [0.1, 0.15) is 6.04 Å². The van der Waals surface area contributed by atoms with Crippen molar-refractivity contribution in [1.29, 1.82) is 5.26 Å². The Morgan fingerprint density at radius 2 is 1.83 bits per heavy atom. The average molecular weight is 405 g/mol. The second-order valence-electron chi connectivity index (χ2n) is 6.96. The molecule has 0 radical (unpaired) electrons. The van der Waals surface area contributed by atoms with Crippen LogP contribution in [0.15, 0.2) is 71.6 Å². The van der Waals surface area contributed by atoms with E-state index >= 15 is 0 Å². The van der Waals surface area contributed by atoms with Crippen molar-refractivity contribution >= 4 is 32.4 Å². The van der Waals surface area contributed by atoms with E-state index < -0.39 is 16.1 Å². The van der Waals surface area contributed by atoms with Gasteiger partial charge in [0.25, 0.3) is 0 Å². The van der Waals surface area contributed by atoms with Crippen LogP contribution in [-0.4, -0.2) is 31.2 Å². The van der Waals surface area contributed by atoms with Gasteiger partial charge in [-0.25, -0.2) is 8.42 Å². The molecule has 3 aromatic rings. The molecule has 4 rings (SSSR count). The number of amides is 1. The molecule has 0 aromatic heterocycles. The zero-order valence-electron chi connectivity index (χ0n) is 15.6. The van der Waals surface area contributed by atoms with Crippen LogP contribution in [0.25, 0.3) is 10.8 Å². The summed E-state index contributed by atoms with van der Waals surface area (Å²) in [5.41, 5.74) is 0.902. The van der Waals surface area contributed by atoms with E-state index in [1.807, 2.05) is 30.3 Å². The van der Waals surface area contributed by atoms with E-state index in [0.717, 1.165) is 10.8 Å². The summed E-state index contributed by atoms with van der Waals surface area (Å²) in [6, 6.07) is 20.4. The molecule has 6 nitrogen and oxygen atoms in total. The maximum absolute atomic E-state index is 13.2. The summed E-state index contributed by atoms with van der Waals surface area (Å²) in [4.78, 5) is 13.0. The van der Waals surface area contributed by atoms with Gasteiger partial charge in [0.2, 0.25) is 15.9 Å². The minimum atomic E-state index is -3.81. The highest BCUT2D eigenvalue weighted by Gasteiger charge is 2.39. The van der Waals surface area contributed by atoms with E-state index in [1.54, 1.807) is 42.5 Å². The molecule has 29 heavy (non-hydrogen) atoms. The highest BCUT2D eigenvalue weighted by molar-refractivity contribution is 7.89. The van der Waals surface area contributed by atoms with Gasteiger partial charge in [-0.05, 0) is 53.9 Å². The predicted molar refractivity (Wildman–Crippen MR) is 111 cm³/mol. The number of sulfonamides is 1. The summed E-state index contributed by atoms with van der Waals surface area (Å²) in [6.45, 7) is 0.297. The van der Waals surface area contributed by atoms with E-state index in [-0.39, 0.29) is 10.8 Å². The van der Waals surface area contributed by atoms with Crippen LogP contribution in [0.3, 0.4) is 0 Å². The van der Waals surface area contributed by atoms with Gasteiger partial charge in [0, 0.05) is 12.2 Å². The molecule has 3 aromatic carbocycles.